The molecule has 174 valence electrons. The Bertz CT molecular complexity index is 1180. The second-order valence-corrected chi connectivity index (χ2v) is 10.7. The third-order valence-corrected chi connectivity index (χ3v) is 8.32. The molecule has 3 aromatic rings. The molecule has 0 saturated carbocycles. The number of rotatable bonds is 8. The quantitative estimate of drug-likeness (QED) is 0.482. The lowest BCUT2D eigenvalue weighted by atomic mass is 9.96. The number of hydrogen-bond acceptors (Lipinski definition) is 6. The number of anilines is 1. The van der Waals surface area contributed by atoms with Crippen LogP contribution in [0.25, 0.3) is 16.3 Å². The molecule has 7 nitrogen and oxygen atoms in total. The van der Waals surface area contributed by atoms with Gasteiger partial charge in [-0.25, -0.2) is 13.4 Å². The van der Waals surface area contributed by atoms with Crippen LogP contribution >= 0.6 is 11.3 Å². The molecular weight excluding hydrogens is 458 g/mol. The maximum atomic E-state index is 13.4. The minimum atomic E-state index is -3.54. The van der Waals surface area contributed by atoms with Crippen LogP contribution in [0.2, 0.25) is 0 Å². The molecule has 33 heavy (non-hydrogen) atoms. The summed E-state index contributed by atoms with van der Waals surface area (Å²) in [6.07, 6.45) is 2.56. The van der Waals surface area contributed by atoms with Crippen molar-refractivity contribution >= 4 is 48.7 Å². The minimum absolute atomic E-state index is 0.0250. The molecule has 1 saturated heterocycles. The molecule has 1 amide bonds. The van der Waals surface area contributed by atoms with E-state index >= 15 is 0 Å². The maximum absolute atomic E-state index is 13.4. The van der Waals surface area contributed by atoms with E-state index in [0.29, 0.717) is 44.2 Å². The van der Waals surface area contributed by atoms with Crippen LogP contribution in [0.4, 0.5) is 5.13 Å². The normalized spacial score (nSPS) is 15.9. The topological polar surface area (TPSA) is 79.8 Å². The SMILES string of the molecule is COCCN(C(=O)C1CCN(S(=O)(=O)/C=C/c2ccccc2)CC1)c1nc2ccccc2s1. The number of sulfonamides is 1. The van der Waals surface area contributed by atoms with Crippen LogP contribution in [0.1, 0.15) is 18.4 Å². The zero-order valence-electron chi connectivity index (χ0n) is 18.5. The number of piperidine rings is 1. The number of fused-ring (bicyclic) bond motifs is 1. The van der Waals surface area contributed by atoms with Gasteiger partial charge in [0.15, 0.2) is 5.13 Å². The summed E-state index contributed by atoms with van der Waals surface area (Å²) in [6.45, 7) is 1.44. The first-order valence-electron chi connectivity index (χ1n) is 10.9. The predicted octanol–water partition coefficient (Wildman–Crippen LogP) is 3.99. The predicted molar refractivity (Wildman–Crippen MR) is 133 cm³/mol. The molecule has 1 aliphatic rings. The van der Waals surface area contributed by atoms with Crippen LogP contribution in [0.5, 0.6) is 0 Å². The summed E-state index contributed by atoms with van der Waals surface area (Å²) in [6, 6.07) is 17.1. The lowest BCUT2D eigenvalue weighted by molar-refractivity contribution is -0.123. The zero-order valence-corrected chi connectivity index (χ0v) is 20.1. The molecule has 0 radical (unpaired) electrons. The van der Waals surface area contributed by atoms with Crippen molar-refractivity contribution in [3.63, 3.8) is 0 Å². The van der Waals surface area contributed by atoms with Crippen LogP contribution in [-0.2, 0) is 19.6 Å². The molecule has 0 N–H and O–H groups in total. The molecule has 0 atom stereocenters. The first kappa shape index (κ1) is 23.6. The minimum Gasteiger partial charge on any atom is -0.383 e. The van der Waals surface area contributed by atoms with Gasteiger partial charge in [0, 0.05) is 31.5 Å². The molecule has 0 aliphatic carbocycles. The maximum Gasteiger partial charge on any atom is 0.236 e. The Morgan fingerprint density at radius 2 is 1.85 bits per heavy atom. The average molecular weight is 486 g/mol. The summed E-state index contributed by atoms with van der Waals surface area (Å²) < 4.78 is 33.2. The molecule has 0 unspecified atom stereocenters. The fraction of sp³-hybridized carbons (Fsp3) is 0.333. The summed E-state index contributed by atoms with van der Waals surface area (Å²) in [7, 11) is -1.93. The summed E-state index contributed by atoms with van der Waals surface area (Å²) in [4.78, 5) is 19.7. The van der Waals surface area contributed by atoms with Crippen molar-refractivity contribution in [2.24, 2.45) is 5.92 Å². The second-order valence-electron chi connectivity index (χ2n) is 7.88. The lowest BCUT2D eigenvalue weighted by Crippen LogP contribution is -2.45. The first-order valence-corrected chi connectivity index (χ1v) is 13.2. The number of benzene rings is 2. The van der Waals surface area contributed by atoms with Crippen molar-refractivity contribution in [1.82, 2.24) is 9.29 Å². The Morgan fingerprint density at radius 1 is 1.15 bits per heavy atom. The number of amides is 1. The zero-order chi connectivity index (χ0) is 23.3. The molecule has 0 bridgehead atoms. The Labute approximate surface area is 198 Å². The number of methoxy groups -OCH3 is 1. The summed E-state index contributed by atoms with van der Waals surface area (Å²) >= 11 is 1.48. The first-order chi connectivity index (χ1) is 16.0. The van der Waals surface area contributed by atoms with Gasteiger partial charge in [-0.15, -0.1) is 0 Å². The van der Waals surface area contributed by atoms with Gasteiger partial charge in [0.2, 0.25) is 15.9 Å². The fourth-order valence-electron chi connectivity index (χ4n) is 3.85. The van der Waals surface area contributed by atoms with E-state index in [0.717, 1.165) is 15.8 Å². The Kier molecular flexibility index (Phi) is 7.54. The molecule has 1 aliphatic heterocycles. The smallest absolute Gasteiger partial charge is 0.236 e. The molecular formula is C24H27N3O4S2. The summed E-state index contributed by atoms with van der Waals surface area (Å²) in [5, 5.41) is 1.90. The number of hydrogen-bond donors (Lipinski definition) is 0. The largest absolute Gasteiger partial charge is 0.383 e. The van der Waals surface area contributed by atoms with Gasteiger partial charge in [-0.3, -0.25) is 9.69 Å². The number of carbonyl (C=O) groups is 1. The molecule has 4 rings (SSSR count). The highest BCUT2D eigenvalue weighted by Gasteiger charge is 2.33. The fourth-order valence-corrected chi connectivity index (χ4v) is 6.07. The van der Waals surface area contributed by atoms with Gasteiger partial charge < -0.3 is 4.74 Å². The molecule has 2 heterocycles. The number of ether oxygens (including phenoxy) is 1. The highest BCUT2D eigenvalue weighted by molar-refractivity contribution is 7.92. The van der Waals surface area contributed by atoms with Crippen LogP contribution in [0, 0.1) is 5.92 Å². The van der Waals surface area contributed by atoms with Gasteiger partial charge in [-0.05, 0) is 36.6 Å². The Morgan fingerprint density at radius 3 is 2.55 bits per heavy atom. The molecule has 1 aromatic heterocycles. The van der Waals surface area contributed by atoms with Crippen molar-refractivity contribution in [3.8, 4) is 0 Å². The Hall–Kier alpha value is -2.59. The van der Waals surface area contributed by atoms with E-state index < -0.39 is 10.0 Å². The molecule has 2 aromatic carbocycles. The van der Waals surface area contributed by atoms with Crippen molar-refractivity contribution in [3.05, 3.63) is 65.6 Å². The third-order valence-electron chi connectivity index (χ3n) is 5.69. The van der Waals surface area contributed by atoms with E-state index in [1.807, 2.05) is 54.6 Å². The number of thiazole rings is 1. The number of para-hydroxylation sites is 1. The van der Waals surface area contributed by atoms with E-state index in [1.54, 1.807) is 18.1 Å². The monoisotopic (exact) mass is 485 g/mol. The number of carbonyl (C=O) groups excluding carboxylic acids is 1. The van der Waals surface area contributed by atoms with Gasteiger partial charge in [-0.1, -0.05) is 53.8 Å². The van der Waals surface area contributed by atoms with Gasteiger partial charge in [0.1, 0.15) is 0 Å². The van der Waals surface area contributed by atoms with Crippen LogP contribution in [0.3, 0.4) is 0 Å². The van der Waals surface area contributed by atoms with E-state index in [-0.39, 0.29) is 11.8 Å². The van der Waals surface area contributed by atoms with Crippen molar-refractivity contribution < 1.29 is 17.9 Å². The van der Waals surface area contributed by atoms with Crippen molar-refractivity contribution in [2.45, 2.75) is 12.8 Å². The highest BCUT2D eigenvalue weighted by Crippen LogP contribution is 2.31. The number of nitrogens with zero attached hydrogens (tertiary/aromatic N) is 3. The second kappa shape index (κ2) is 10.6. The van der Waals surface area contributed by atoms with Gasteiger partial charge in [0.25, 0.3) is 0 Å². The van der Waals surface area contributed by atoms with E-state index in [4.69, 9.17) is 4.74 Å². The third kappa shape index (κ3) is 5.67. The summed E-state index contributed by atoms with van der Waals surface area (Å²) in [5.41, 5.74) is 1.69. The van der Waals surface area contributed by atoms with Crippen LogP contribution in [-0.4, -0.2) is 57.0 Å². The van der Waals surface area contributed by atoms with Gasteiger partial charge >= 0.3 is 0 Å². The van der Waals surface area contributed by atoms with E-state index in [2.05, 4.69) is 4.98 Å². The van der Waals surface area contributed by atoms with Crippen molar-refractivity contribution in [2.75, 3.05) is 38.3 Å². The standard InChI is InChI=1S/C24H27N3O4S2/c1-31-17-16-27(24-25-21-9-5-6-10-22(21)32-24)23(28)20-11-14-26(15-12-20)33(29,30)18-13-19-7-3-2-4-8-19/h2-10,13,18,20H,11-12,14-17H2,1H3/b18-13+. The Balaban J connectivity index is 1.43. The molecule has 0 spiro atoms. The summed E-state index contributed by atoms with van der Waals surface area (Å²) in [5.74, 6) is -0.276. The van der Waals surface area contributed by atoms with E-state index in [1.165, 1.54) is 21.1 Å². The van der Waals surface area contributed by atoms with Crippen LogP contribution in [0.15, 0.2) is 60.0 Å². The average Bonchev–Trinajstić information content (AvgIpc) is 3.27. The van der Waals surface area contributed by atoms with Crippen molar-refractivity contribution in [1.29, 1.82) is 0 Å². The molecule has 9 heteroatoms. The molecule has 1 fully saturated rings. The van der Waals surface area contributed by atoms with Crippen LogP contribution < -0.4 is 4.90 Å². The lowest BCUT2D eigenvalue weighted by Gasteiger charge is -2.32. The van der Waals surface area contributed by atoms with Gasteiger partial charge in [-0.2, -0.15) is 4.31 Å². The highest BCUT2D eigenvalue weighted by atomic mass is 32.2. The van der Waals surface area contributed by atoms with E-state index in [9.17, 15) is 13.2 Å². The number of aromatic nitrogens is 1. The van der Waals surface area contributed by atoms with Gasteiger partial charge in [0.05, 0.1) is 23.4 Å².